The molecule has 1 aromatic heterocycles. The molecule has 3 heterocycles. The largest absolute Gasteiger partial charge is 0.435 e. The van der Waals surface area contributed by atoms with Crippen molar-refractivity contribution in [3.8, 4) is 11.8 Å². The van der Waals surface area contributed by atoms with Gasteiger partial charge in [0.05, 0.1) is 22.8 Å². The quantitative estimate of drug-likeness (QED) is 0.404. The number of ether oxygens (including phenoxy) is 1. The molecule has 0 spiro atoms. The standard InChI is InChI=1S/C31H30ClF2N5O4/c1-16-10-26-24(15-38(16)30(42)20-6-9-25(32)21(11-20)12-35)28-29(41)27(22(13-36-18(3)40)14-39(28)37-26)17(2)19-4-7-23(8-5-19)43-31(33)34/h4-9,11,16-17,22,27,31H,10,13-15H2,1-3H3,(H,36,40)/t16-,17+,22+,27?/m1/s1. The summed E-state index contributed by atoms with van der Waals surface area (Å²) in [5.74, 6) is -1.81. The molecular formula is C31H30ClF2N5O4. The average molecular weight is 610 g/mol. The zero-order valence-electron chi connectivity index (χ0n) is 23.8. The maximum atomic E-state index is 14.3. The first-order valence-corrected chi connectivity index (χ1v) is 14.3. The molecule has 224 valence electrons. The Labute approximate surface area is 252 Å². The third-order valence-electron chi connectivity index (χ3n) is 8.31. The Bertz CT molecular complexity index is 1620. The van der Waals surface area contributed by atoms with E-state index in [1.807, 2.05) is 19.9 Å². The lowest BCUT2D eigenvalue weighted by Crippen LogP contribution is -2.45. The first kappa shape index (κ1) is 30.2. The van der Waals surface area contributed by atoms with E-state index >= 15 is 0 Å². The van der Waals surface area contributed by atoms with Gasteiger partial charge in [0, 0.05) is 55.4 Å². The first-order valence-electron chi connectivity index (χ1n) is 13.9. The van der Waals surface area contributed by atoms with Gasteiger partial charge in [-0.3, -0.25) is 19.1 Å². The summed E-state index contributed by atoms with van der Waals surface area (Å²) in [4.78, 5) is 41.4. The minimum atomic E-state index is -2.95. The lowest BCUT2D eigenvalue weighted by Gasteiger charge is -2.36. The number of halogens is 3. The fraction of sp³-hybridized carbons (Fsp3) is 0.387. The number of carbonyl (C=O) groups excluding carboxylic acids is 3. The Balaban J connectivity index is 1.48. The summed E-state index contributed by atoms with van der Waals surface area (Å²) in [6.45, 7) is 3.07. The minimum absolute atomic E-state index is 0.0179. The van der Waals surface area contributed by atoms with Crippen LogP contribution in [0.3, 0.4) is 0 Å². The highest BCUT2D eigenvalue weighted by atomic mass is 35.5. The van der Waals surface area contributed by atoms with Crippen LogP contribution in [0.4, 0.5) is 8.78 Å². The predicted octanol–water partition coefficient (Wildman–Crippen LogP) is 4.97. The van der Waals surface area contributed by atoms with Crippen molar-refractivity contribution in [2.75, 3.05) is 6.54 Å². The Morgan fingerprint density at radius 2 is 1.95 bits per heavy atom. The lowest BCUT2D eigenvalue weighted by molar-refractivity contribution is -0.119. The van der Waals surface area contributed by atoms with Crippen molar-refractivity contribution < 1.29 is 27.9 Å². The van der Waals surface area contributed by atoms with Crippen LogP contribution in [0, 0.1) is 23.2 Å². The van der Waals surface area contributed by atoms with Gasteiger partial charge in [-0.1, -0.05) is 30.7 Å². The van der Waals surface area contributed by atoms with Crippen molar-refractivity contribution in [3.05, 3.63) is 81.1 Å². The van der Waals surface area contributed by atoms with Gasteiger partial charge in [0.1, 0.15) is 17.5 Å². The highest BCUT2D eigenvalue weighted by Crippen LogP contribution is 2.40. The molecule has 9 nitrogen and oxygen atoms in total. The van der Waals surface area contributed by atoms with E-state index in [0.717, 1.165) is 11.3 Å². The van der Waals surface area contributed by atoms with E-state index in [2.05, 4.69) is 10.1 Å². The number of nitrogens with zero attached hydrogens (tertiary/aromatic N) is 4. The lowest BCUT2D eigenvalue weighted by atomic mass is 9.73. The van der Waals surface area contributed by atoms with Crippen molar-refractivity contribution in [2.45, 2.75) is 58.9 Å². The second-order valence-electron chi connectivity index (χ2n) is 11.1. The molecule has 4 atom stereocenters. The van der Waals surface area contributed by atoms with E-state index in [1.54, 1.807) is 27.8 Å². The number of hydrogen-bond donors (Lipinski definition) is 1. The van der Waals surface area contributed by atoms with Crippen LogP contribution < -0.4 is 10.1 Å². The monoisotopic (exact) mass is 609 g/mol. The summed E-state index contributed by atoms with van der Waals surface area (Å²) in [5, 5.41) is 17.2. The van der Waals surface area contributed by atoms with E-state index in [4.69, 9.17) is 16.7 Å². The van der Waals surface area contributed by atoms with Gasteiger partial charge in [0.25, 0.3) is 5.91 Å². The number of nitrogens with one attached hydrogen (secondary N) is 1. The topological polar surface area (TPSA) is 117 Å². The third-order valence-corrected chi connectivity index (χ3v) is 8.64. The van der Waals surface area contributed by atoms with Gasteiger partial charge in [-0.2, -0.15) is 19.1 Å². The molecule has 1 unspecified atom stereocenters. The molecular weight excluding hydrogens is 580 g/mol. The number of carbonyl (C=O) groups is 3. The number of hydrogen-bond acceptors (Lipinski definition) is 6. The van der Waals surface area contributed by atoms with E-state index in [9.17, 15) is 28.4 Å². The summed E-state index contributed by atoms with van der Waals surface area (Å²) in [5.41, 5.74) is 3.14. The molecule has 12 heteroatoms. The SMILES string of the molecule is CC(=O)NC[C@H]1Cn2nc3c(c2C(=O)C1[C@@H](C)c1ccc(OC(F)F)cc1)CN(C(=O)c1ccc(Cl)c(C#N)c1)[C@H](C)C3. The van der Waals surface area contributed by atoms with Gasteiger partial charge < -0.3 is 15.0 Å². The van der Waals surface area contributed by atoms with Crippen LogP contribution in [0.1, 0.15) is 69.9 Å². The van der Waals surface area contributed by atoms with E-state index in [1.165, 1.54) is 31.2 Å². The van der Waals surface area contributed by atoms with Crippen LogP contribution in [0.2, 0.25) is 5.02 Å². The van der Waals surface area contributed by atoms with Gasteiger partial charge in [-0.15, -0.1) is 0 Å². The van der Waals surface area contributed by atoms with Crippen LogP contribution in [0.5, 0.6) is 5.75 Å². The second kappa shape index (κ2) is 12.1. The van der Waals surface area contributed by atoms with Crippen LogP contribution in [0.15, 0.2) is 42.5 Å². The third kappa shape index (κ3) is 5.97. The number of ketones is 1. The molecule has 2 aliphatic heterocycles. The Hall–Kier alpha value is -4.30. The zero-order valence-corrected chi connectivity index (χ0v) is 24.6. The molecule has 5 rings (SSSR count). The van der Waals surface area contributed by atoms with Crippen molar-refractivity contribution in [1.82, 2.24) is 20.0 Å². The maximum absolute atomic E-state index is 14.3. The van der Waals surface area contributed by atoms with Crippen LogP contribution in [0.25, 0.3) is 0 Å². The van der Waals surface area contributed by atoms with Gasteiger partial charge in [0.2, 0.25) is 5.91 Å². The molecule has 2 amide bonds. The molecule has 0 saturated heterocycles. The van der Waals surface area contributed by atoms with E-state index in [-0.39, 0.29) is 64.9 Å². The van der Waals surface area contributed by atoms with E-state index in [0.29, 0.717) is 29.8 Å². The molecule has 2 aromatic carbocycles. The van der Waals surface area contributed by atoms with Crippen LogP contribution >= 0.6 is 11.6 Å². The Morgan fingerprint density at radius 1 is 1.23 bits per heavy atom. The van der Waals surface area contributed by atoms with Gasteiger partial charge in [-0.05, 0) is 48.7 Å². The molecule has 2 aliphatic rings. The van der Waals surface area contributed by atoms with Crippen molar-refractivity contribution >= 4 is 29.2 Å². The number of benzene rings is 2. The number of Topliss-reactive ketones (excluding diaryl/α,β-unsaturated/α-hetero) is 1. The van der Waals surface area contributed by atoms with Crippen molar-refractivity contribution in [3.63, 3.8) is 0 Å². The number of alkyl halides is 2. The average Bonchev–Trinajstić information content (AvgIpc) is 3.32. The van der Waals surface area contributed by atoms with Crippen LogP contribution in [-0.4, -0.2) is 51.5 Å². The van der Waals surface area contributed by atoms with Crippen molar-refractivity contribution in [1.29, 1.82) is 5.26 Å². The van der Waals surface area contributed by atoms with E-state index < -0.39 is 12.5 Å². The maximum Gasteiger partial charge on any atom is 0.387 e. The van der Waals surface area contributed by atoms with Gasteiger partial charge >= 0.3 is 6.61 Å². The van der Waals surface area contributed by atoms with Gasteiger partial charge in [-0.25, -0.2) is 0 Å². The number of fused-ring (bicyclic) bond motifs is 3. The number of aromatic nitrogens is 2. The fourth-order valence-electron chi connectivity index (χ4n) is 6.15. The normalized spacial score (nSPS) is 20.2. The molecule has 43 heavy (non-hydrogen) atoms. The Kier molecular flexibility index (Phi) is 8.51. The molecule has 0 radical (unpaired) electrons. The highest BCUT2D eigenvalue weighted by molar-refractivity contribution is 6.31. The fourth-order valence-corrected chi connectivity index (χ4v) is 6.31. The molecule has 0 saturated carbocycles. The van der Waals surface area contributed by atoms with Crippen molar-refractivity contribution in [2.24, 2.45) is 11.8 Å². The molecule has 1 N–H and O–H groups in total. The summed E-state index contributed by atoms with van der Waals surface area (Å²) < 4.78 is 31.5. The summed E-state index contributed by atoms with van der Waals surface area (Å²) >= 11 is 6.07. The highest BCUT2D eigenvalue weighted by Gasteiger charge is 2.44. The zero-order chi connectivity index (χ0) is 31.0. The smallest absolute Gasteiger partial charge is 0.387 e. The second-order valence-corrected chi connectivity index (χ2v) is 11.5. The summed E-state index contributed by atoms with van der Waals surface area (Å²) in [6, 6.07) is 12.6. The first-order chi connectivity index (χ1) is 20.5. The van der Waals surface area contributed by atoms with Gasteiger partial charge in [0.15, 0.2) is 5.78 Å². The summed E-state index contributed by atoms with van der Waals surface area (Å²) in [7, 11) is 0. The van der Waals surface area contributed by atoms with Crippen LogP contribution in [-0.2, 0) is 24.3 Å². The number of amides is 2. The Morgan fingerprint density at radius 3 is 2.60 bits per heavy atom. The summed E-state index contributed by atoms with van der Waals surface area (Å²) in [6.07, 6.45) is 0.440. The molecule has 0 fully saturated rings. The molecule has 0 aliphatic carbocycles. The molecule has 0 bridgehead atoms. The number of nitriles is 1. The minimum Gasteiger partial charge on any atom is -0.435 e. The number of rotatable bonds is 7. The molecule has 3 aromatic rings. The predicted molar refractivity (Wildman–Crippen MR) is 153 cm³/mol.